The van der Waals surface area contributed by atoms with E-state index in [0.717, 1.165) is 16.6 Å². The van der Waals surface area contributed by atoms with Gasteiger partial charge in [0.15, 0.2) is 0 Å². The van der Waals surface area contributed by atoms with Gasteiger partial charge in [-0.25, -0.2) is 0 Å². The van der Waals surface area contributed by atoms with E-state index in [-0.39, 0.29) is 17.6 Å². The van der Waals surface area contributed by atoms with E-state index in [2.05, 4.69) is 10.2 Å². The molecule has 136 valence electrons. The number of phenolic OH excluding ortho intramolecular Hbond substituents is 1. The van der Waals surface area contributed by atoms with E-state index in [1.165, 1.54) is 4.80 Å². The topological polar surface area (TPSA) is 88.2 Å². The van der Waals surface area contributed by atoms with E-state index in [0.29, 0.717) is 11.3 Å². The van der Waals surface area contributed by atoms with Crippen molar-refractivity contribution < 1.29 is 15.0 Å². The zero-order valence-corrected chi connectivity index (χ0v) is 15.4. The molecule has 2 aromatic carbocycles. The number of nitrogens with zero attached hydrogens (tertiary/aromatic N) is 3. The number of hydrogen-bond donors (Lipinski definition) is 2. The first-order chi connectivity index (χ1) is 12.2. The van der Waals surface area contributed by atoms with E-state index < -0.39 is 11.9 Å². The van der Waals surface area contributed by atoms with Crippen LogP contribution in [0.5, 0.6) is 5.75 Å². The predicted octanol–water partition coefficient (Wildman–Crippen LogP) is 3.69. The number of aliphatic carboxylic acids is 1. The second kappa shape index (κ2) is 6.44. The standard InChI is InChI=1S/C20H23N3O3/c1-12(19(25)26)9-13-10-14(11-15(18(13)24)20(2,3)4)23-21-16-7-5-6-8-17(16)22-23/h5-8,10-12,24H,9H2,1-4H3,(H,25,26). The molecule has 0 fully saturated rings. The van der Waals surface area contributed by atoms with Crippen molar-refractivity contribution in [2.24, 2.45) is 5.92 Å². The number of carbonyl (C=O) groups is 1. The molecule has 6 heteroatoms. The van der Waals surface area contributed by atoms with Gasteiger partial charge < -0.3 is 10.2 Å². The smallest absolute Gasteiger partial charge is 0.306 e. The number of rotatable bonds is 4. The molecule has 1 aromatic heterocycles. The third kappa shape index (κ3) is 3.40. The first kappa shape index (κ1) is 17.9. The summed E-state index contributed by atoms with van der Waals surface area (Å²) in [7, 11) is 0. The van der Waals surface area contributed by atoms with Gasteiger partial charge in [-0.05, 0) is 41.7 Å². The minimum Gasteiger partial charge on any atom is -0.507 e. The molecule has 0 aliphatic carbocycles. The van der Waals surface area contributed by atoms with Crippen molar-refractivity contribution >= 4 is 17.0 Å². The molecule has 0 aliphatic rings. The molecule has 0 spiro atoms. The zero-order chi connectivity index (χ0) is 19.1. The Kier molecular flexibility index (Phi) is 4.44. The van der Waals surface area contributed by atoms with Crippen molar-refractivity contribution in [2.75, 3.05) is 0 Å². The van der Waals surface area contributed by atoms with Crippen LogP contribution in [0, 0.1) is 5.92 Å². The maximum atomic E-state index is 11.3. The molecular formula is C20H23N3O3. The van der Waals surface area contributed by atoms with Crippen molar-refractivity contribution in [3.63, 3.8) is 0 Å². The predicted molar refractivity (Wildman–Crippen MR) is 99.7 cm³/mol. The Balaban J connectivity index is 2.16. The van der Waals surface area contributed by atoms with Crippen LogP contribution < -0.4 is 0 Å². The van der Waals surface area contributed by atoms with Crippen LogP contribution in [0.2, 0.25) is 0 Å². The van der Waals surface area contributed by atoms with Gasteiger partial charge in [0.05, 0.1) is 11.6 Å². The van der Waals surface area contributed by atoms with E-state index in [1.54, 1.807) is 13.0 Å². The number of phenols is 1. The fourth-order valence-electron chi connectivity index (χ4n) is 2.91. The number of carboxylic acid groups (broad SMARTS) is 1. The summed E-state index contributed by atoms with van der Waals surface area (Å²) < 4.78 is 0. The summed E-state index contributed by atoms with van der Waals surface area (Å²) in [5.41, 5.74) is 3.27. The molecule has 1 atom stereocenters. The Morgan fingerprint density at radius 1 is 1.15 bits per heavy atom. The van der Waals surface area contributed by atoms with Gasteiger partial charge >= 0.3 is 5.97 Å². The lowest BCUT2D eigenvalue weighted by molar-refractivity contribution is -0.141. The highest BCUT2D eigenvalue weighted by atomic mass is 16.4. The highest BCUT2D eigenvalue weighted by Gasteiger charge is 2.24. The number of fused-ring (bicyclic) bond motifs is 1. The highest BCUT2D eigenvalue weighted by Crippen LogP contribution is 2.36. The monoisotopic (exact) mass is 353 g/mol. The summed E-state index contributed by atoms with van der Waals surface area (Å²) in [5, 5.41) is 29.0. The molecule has 3 rings (SSSR count). The van der Waals surface area contributed by atoms with Gasteiger partial charge in [-0.1, -0.05) is 39.8 Å². The van der Waals surface area contributed by atoms with E-state index in [1.807, 2.05) is 51.1 Å². The van der Waals surface area contributed by atoms with E-state index >= 15 is 0 Å². The summed E-state index contributed by atoms with van der Waals surface area (Å²) in [6, 6.07) is 11.2. The summed E-state index contributed by atoms with van der Waals surface area (Å²) >= 11 is 0. The third-order valence-electron chi connectivity index (χ3n) is 4.45. The summed E-state index contributed by atoms with van der Waals surface area (Å²) in [6.45, 7) is 7.64. The van der Waals surface area contributed by atoms with Gasteiger partial charge in [-0.3, -0.25) is 4.79 Å². The first-order valence-corrected chi connectivity index (χ1v) is 8.58. The van der Waals surface area contributed by atoms with Crippen LogP contribution in [0.3, 0.4) is 0 Å². The van der Waals surface area contributed by atoms with Gasteiger partial charge in [-0.2, -0.15) is 4.80 Å². The minimum atomic E-state index is -0.893. The van der Waals surface area contributed by atoms with Crippen LogP contribution >= 0.6 is 0 Å². The van der Waals surface area contributed by atoms with Crippen LogP contribution in [0.25, 0.3) is 16.7 Å². The van der Waals surface area contributed by atoms with Crippen LogP contribution in [-0.2, 0) is 16.6 Å². The second-order valence-electron chi connectivity index (χ2n) is 7.67. The molecule has 0 saturated heterocycles. The average Bonchev–Trinajstić information content (AvgIpc) is 2.99. The molecule has 0 amide bonds. The lowest BCUT2D eigenvalue weighted by Gasteiger charge is -2.23. The van der Waals surface area contributed by atoms with E-state index in [9.17, 15) is 15.0 Å². The number of aromatic hydroxyl groups is 1. The van der Waals surface area contributed by atoms with Gasteiger partial charge in [0.1, 0.15) is 16.8 Å². The van der Waals surface area contributed by atoms with Gasteiger partial charge in [-0.15, -0.1) is 10.2 Å². The maximum Gasteiger partial charge on any atom is 0.306 e. The largest absolute Gasteiger partial charge is 0.507 e. The minimum absolute atomic E-state index is 0.145. The average molecular weight is 353 g/mol. The van der Waals surface area contributed by atoms with Crippen LogP contribution in [-0.4, -0.2) is 31.2 Å². The van der Waals surface area contributed by atoms with Crippen molar-refractivity contribution in [2.45, 2.75) is 39.5 Å². The number of hydrogen-bond acceptors (Lipinski definition) is 4. The van der Waals surface area contributed by atoms with Crippen LogP contribution in [0.4, 0.5) is 0 Å². The Morgan fingerprint density at radius 2 is 1.73 bits per heavy atom. The molecular weight excluding hydrogens is 330 g/mol. The van der Waals surface area contributed by atoms with E-state index in [4.69, 9.17) is 0 Å². The fraction of sp³-hybridized carbons (Fsp3) is 0.350. The summed E-state index contributed by atoms with van der Waals surface area (Å²) in [5.74, 6) is -1.35. The van der Waals surface area contributed by atoms with Crippen LogP contribution in [0.15, 0.2) is 36.4 Å². The van der Waals surface area contributed by atoms with Crippen molar-refractivity contribution in [1.29, 1.82) is 0 Å². The molecule has 0 bridgehead atoms. The van der Waals surface area contributed by atoms with Crippen molar-refractivity contribution in [3.8, 4) is 11.4 Å². The highest BCUT2D eigenvalue weighted by molar-refractivity contribution is 5.73. The van der Waals surface area contributed by atoms with Gasteiger partial charge in [0, 0.05) is 5.56 Å². The third-order valence-corrected chi connectivity index (χ3v) is 4.45. The SMILES string of the molecule is CC(Cc1cc(-n2nc3ccccc3n2)cc(C(C)(C)C)c1O)C(=O)O. The Hall–Kier alpha value is -2.89. The molecule has 3 aromatic rings. The Bertz CT molecular complexity index is 937. The van der Waals surface area contributed by atoms with Crippen molar-refractivity contribution in [3.05, 3.63) is 47.5 Å². The van der Waals surface area contributed by atoms with Crippen molar-refractivity contribution in [1.82, 2.24) is 15.0 Å². The molecule has 0 saturated carbocycles. The first-order valence-electron chi connectivity index (χ1n) is 8.58. The second-order valence-corrected chi connectivity index (χ2v) is 7.67. The number of benzene rings is 2. The Morgan fingerprint density at radius 3 is 2.23 bits per heavy atom. The lowest BCUT2D eigenvalue weighted by Crippen LogP contribution is -2.16. The zero-order valence-electron chi connectivity index (χ0n) is 15.4. The molecule has 2 N–H and O–H groups in total. The molecule has 1 unspecified atom stereocenters. The summed E-state index contributed by atoms with van der Waals surface area (Å²) in [4.78, 5) is 12.8. The normalized spacial score (nSPS) is 13.1. The van der Waals surface area contributed by atoms with Crippen LogP contribution in [0.1, 0.15) is 38.8 Å². The quantitative estimate of drug-likeness (QED) is 0.747. The summed E-state index contributed by atoms with van der Waals surface area (Å²) in [6.07, 6.45) is 0.235. The molecule has 0 radical (unpaired) electrons. The van der Waals surface area contributed by atoms with Gasteiger partial charge in [0.25, 0.3) is 0 Å². The molecule has 1 heterocycles. The molecule has 0 aliphatic heterocycles. The molecule has 26 heavy (non-hydrogen) atoms. The lowest BCUT2D eigenvalue weighted by atomic mass is 9.83. The van der Waals surface area contributed by atoms with Gasteiger partial charge in [0.2, 0.25) is 0 Å². The fourth-order valence-corrected chi connectivity index (χ4v) is 2.91. The Labute approximate surface area is 152 Å². The maximum absolute atomic E-state index is 11.3. The molecule has 6 nitrogen and oxygen atoms in total. The number of aromatic nitrogens is 3. The number of carboxylic acids is 1.